The average Bonchev–Trinajstić information content (AvgIpc) is 2.92. The quantitative estimate of drug-likeness (QED) is 0.713. The molecule has 0 saturated heterocycles. The zero-order valence-electron chi connectivity index (χ0n) is 8.77. The van der Waals surface area contributed by atoms with E-state index in [2.05, 4.69) is 15.3 Å². The fourth-order valence-electron chi connectivity index (χ4n) is 2.34. The van der Waals surface area contributed by atoms with E-state index in [-0.39, 0.29) is 6.03 Å². The highest BCUT2D eigenvalue weighted by Gasteiger charge is 2.14. The van der Waals surface area contributed by atoms with E-state index in [1.807, 2.05) is 36.7 Å². The van der Waals surface area contributed by atoms with Gasteiger partial charge in [0.1, 0.15) is 5.36 Å². The predicted molar refractivity (Wildman–Crippen MR) is 65.8 cm³/mol. The van der Waals surface area contributed by atoms with Gasteiger partial charge in [0.25, 0.3) is 0 Å². The fraction of sp³-hybridized carbons (Fsp3) is 0. The number of hydrogen-bond donors (Lipinski definition) is 1. The predicted octanol–water partition coefficient (Wildman–Crippen LogP) is 1.18. The molecule has 2 aromatic carbocycles. The topological polar surface area (TPSA) is 53.8 Å². The second-order valence-electron chi connectivity index (χ2n) is 4.07. The Labute approximate surface area is 96.0 Å². The van der Waals surface area contributed by atoms with Gasteiger partial charge in [0, 0.05) is 28.6 Å². The number of hydrogen-bond acceptors (Lipinski definition) is 2. The second-order valence-corrected chi connectivity index (χ2v) is 4.07. The van der Waals surface area contributed by atoms with Gasteiger partial charge in [-0.25, -0.2) is 4.79 Å². The Bertz CT molecular complexity index is 834. The number of carbonyl (C=O) groups excluding carboxylic acids is 1. The zero-order chi connectivity index (χ0) is 11.4. The molecule has 0 spiro atoms. The van der Waals surface area contributed by atoms with Crippen molar-refractivity contribution in [2.45, 2.75) is 0 Å². The molecule has 0 aliphatic carbocycles. The molecule has 1 N–H and O–H groups in total. The summed E-state index contributed by atoms with van der Waals surface area (Å²) < 4.78 is 0. The molecule has 0 fully saturated rings. The minimum Gasteiger partial charge on any atom is -0.304 e. The first-order valence-corrected chi connectivity index (χ1v) is 5.32. The summed E-state index contributed by atoms with van der Waals surface area (Å²) in [5, 5.41) is 6.61. The van der Waals surface area contributed by atoms with Gasteiger partial charge in [0.05, 0.1) is 5.69 Å². The van der Waals surface area contributed by atoms with Crippen molar-refractivity contribution in [3.05, 3.63) is 40.4 Å². The molecule has 80 valence electrons. The highest BCUT2D eigenvalue weighted by molar-refractivity contribution is 6.01. The van der Waals surface area contributed by atoms with Gasteiger partial charge < -0.3 is 5.32 Å². The van der Waals surface area contributed by atoms with Gasteiger partial charge in [-0.2, -0.15) is 4.99 Å². The zero-order valence-corrected chi connectivity index (χ0v) is 8.77. The Balaban J connectivity index is 2.27. The number of nitrogens with one attached hydrogen (secondary N) is 1. The average molecular weight is 221 g/mol. The molecule has 2 aliphatic rings. The molecule has 0 aromatic heterocycles. The van der Waals surface area contributed by atoms with E-state index >= 15 is 0 Å². The third-order valence-electron chi connectivity index (χ3n) is 3.12. The first-order valence-electron chi connectivity index (χ1n) is 5.32. The molecule has 2 heterocycles. The van der Waals surface area contributed by atoms with Crippen LogP contribution in [-0.2, 0) is 0 Å². The first kappa shape index (κ1) is 8.64. The Kier molecular flexibility index (Phi) is 1.42. The number of urea groups is 1. The highest BCUT2D eigenvalue weighted by atomic mass is 16.2. The SMILES string of the molecule is O=C1N=c2c(ccc3c4c(ccc23)C=NC=4)N1. The van der Waals surface area contributed by atoms with Crippen molar-refractivity contribution in [3.63, 3.8) is 0 Å². The lowest BCUT2D eigenvalue weighted by Gasteiger charge is -2.01. The van der Waals surface area contributed by atoms with E-state index < -0.39 is 0 Å². The standard InChI is InChI=1S/C13H7N3O/c17-13-15-11-4-3-8-9(12(11)16-13)2-1-7-5-14-6-10(7)8/h1-6H,(H,15,16,17). The minimum absolute atomic E-state index is 0.298. The third kappa shape index (κ3) is 1.04. The number of rotatable bonds is 0. The second kappa shape index (κ2) is 2.79. The van der Waals surface area contributed by atoms with Gasteiger partial charge in [-0.05, 0) is 11.5 Å². The summed E-state index contributed by atoms with van der Waals surface area (Å²) in [6, 6.07) is 7.58. The van der Waals surface area contributed by atoms with Crippen LogP contribution in [0, 0.1) is 0 Å². The van der Waals surface area contributed by atoms with Crippen molar-refractivity contribution >= 4 is 34.9 Å². The largest absolute Gasteiger partial charge is 0.346 e. The van der Waals surface area contributed by atoms with Gasteiger partial charge in [-0.3, -0.25) is 4.99 Å². The molecule has 0 radical (unpaired) electrons. The van der Waals surface area contributed by atoms with Crippen molar-refractivity contribution in [1.29, 1.82) is 0 Å². The van der Waals surface area contributed by atoms with Crippen LogP contribution in [0.15, 0.2) is 34.3 Å². The Morgan fingerprint density at radius 1 is 1.06 bits per heavy atom. The van der Waals surface area contributed by atoms with Crippen molar-refractivity contribution in [2.24, 2.45) is 9.98 Å². The Hall–Kier alpha value is -2.49. The number of fused-ring (bicyclic) bond motifs is 5. The van der Waals surface area contributed by atoms with Crippen molar-refractivity contribution in [2.75, 3.05) is 5.32 Å². The summed E-state index contributed by atoms with van der Waals surface area (Å²) in [6.45, 7) is 0. The Morgan fingerprint density at radius 3 is 2.88 bits per heavy atom. The maximum Gasteiger partial charge on any atom is 0.346 e. The van der Waals surface area contributed by atoms with E-state index in [9.17, 15) is 4.79 Å². The van der Waals surface area contributed by atoms with Crippen molar-refractivity contribution in [3.8, 4) is 0 Å². The first-order chi connectivity index (χ1) is 8.33. The van der Waals surface area contributed by atoms with Crippen LogP contribution in [0.1, 0.15) is 5.56 Å². The fourth-order valence-corrected chi connectivity index (χ4v) is 2.34. The molecule has 0 saturated carbocycles. The molecular weight excluding hydrogens is 214 g/mol. The normalized spacial score (nSPS) is 15.2. The van der Waals surface area contributed by atoms with Crippen LogP contribution >= 0.6 is 0 Å². The lowest BCUT2D eigenvalue weighted by atomic mass is 10.0. The van der Waals surface area contributed by atoms with Crippen LogP contribution in [-0.4, -0.2) is 12.2 Å². The van der Waals surface area contributed by atoms with Crippen molar-refractivity contribution < 1.29 is 4.79 Å². The third-order valence-corrected chi connectivity index (χ3v) is 3.12. The van der Waals surface area contributed by atoms with Crippen LogP contribution in [0.2, 0.25) is 0 Å². The van der Waals surface area contributed by atoms with Crippen LogP contribution in [0.3, 0.4) is 0 Å². The molecule has 0 atom stereocenters. The minimum atomic E-state index is -0.298. The summed E-state index contributed by atoms with van der Waals surface area (Å²) in [5.41, 5.74) is 1.89. The maximum absolute atomic E-state index is 11.3. The summed E-state index contributed by atoms with van der Waals surface area (Å²) in [6.07, 6.45) is 3.68. The monoisotopic (exact) mass is 221 g/mol. The molecule has 2 aromatic rings. The molecule has 0 unspecified atom stereocenters. The summed E-state index contributed by atoms with van der Waals surface area (Å²) >= 11 is 0. The van der Waals surface area contributed by atoms with Crippen LogP contribution in [0.5, 0.6) is 0 Å². The van der Waals surface area contributed by atoms with Gasteiger partial charge in [0.15, 0.2) is 0 Å². The number of carbonyl (C=O) groups is 1. The molecule has 4 heteroatoms. The van der Waals surface area contributed by atoms with Crippen molar-refractivity contribution in [1.82, 2.24) is 0 Å². The van der Waals surface area contributed by atoms with Gasteiger partial charge >= 0.3 is 6.03 Å². The van der Waals surface area contributed by atoms with E-state index in [4.69, 9.17) is 0 Å². The maximum atomic E-state index is 11.3. The summed E-state index contributed by atoms with van der Waals surface area (Å²) in [5.74, 6) is 0. The molecular formula is C13H7N3O. The van der Waals surface area contributed by atoms with Crippen LogP contribution in [0.4, 0.5) is 10.5 Å². The molecule has 2 aliphatic heterocycles. The lowest BCUT2D eigenvalue weighted by Crippen LogP contribution is -2.11. The lowest BCUT2D eigenvalue weighted by molar-refractivity contribution is 0.260. The molecule has 4 rings (SSSR count). The molecule has 0 bridgehead atoms. The van der Waals surface area contributed by atoms with Crippen LogP contribution < -0.4 is 15.9 Å². The summed E-state index contributed by atoms with van der Waals surface area (Å²) in [7, 11) is 0. The molecule has 4 nitrogen and oxygen atoms in total. The van der Waals surface area contributed by atoms with E-state index in [0.29, 0.717) is 0 Å². The Morgan fingerprint density at radius 2 is 1.94 bits per heavy atom. The summed E-state index contributed by atoms with van der Waals surface area (Å²) in [4.78, 5) is 19.4. The molecule has 17 heavy (non-hydrogen) atoms. The van der Waals surface area contributed by atoms with E-state index in [1.165, 1.54) is 0 Å². The highest BCUT2D eigenvalue weighted by Crippen LogP contribution is 2.15. The van der Waals surface area contributed by atoms with Crippen LogP contribution in [0.25, 0.3) is 17.0 Å². The van der Waals surface area contributed by atoms with Gasteiger partial charge in [-0.15, -0.1) is 0 Å². The number of amides is 2. The smallest absolute Gasteiger partial charge is 0.304 e. The van der Waals surface area contributed by atoms with E-state index in [0.717, 1.165) is 32.6 Å². The number of anilines is 1. The number of aliphatic imine (C=N–C) groups is 1. The van der Waals surface area contributed by atoms with Gasteiger partial charge in [0.2, 0.25) is 0 Å². The number of benzene rings is 2. The van der Waals surface area contributed by atoms with E-state index in [1.54, 1.807) is 0 Å². The number of nitrogens with zero attached hydrogens (tertiary/aromatic N) is 2. The van der Waals surface area contributed by atoms with Gasteiger partial charge in [-0.1, -0.05) is 18.2 Å². The molecule has 2 amide bonds.